The fraction of sp³-hybridized carbons (Fsp3) is 0.500. The molecule has 0 bridgehead atoms. The van der Waals surface area contributed by atoms with E-state index in [2.05, 4.69) is 34.7 Å². The molecule has 0 aromatic carbocycles. The van der Waals surface area contributed by atoms with Crippen LogP contribution in [0.2, 0.25) is 0 Å². The van der Waals surface area contributed by atoms with E-state index in [1.165, 1.54) is 6.92 Å². The van der Waals surface area contributed by atoms with Gasteiger partial charge in [-0.2, -0.15) is 25.3 Å². The highest BCUT2D eigenvalue weighted by Gasteiger charge is 2.11. The van der Waals surface area contributed by atoms with Crippen molar-refractivity contribution in [3.05, 3.63) is 11.8 Å². The fourth-order valence-electron chi connectivity index (χ4n) is 0.456. The average molecular weight is 312 g/mol. The molecule has 2 N–H and O–H groups in total. The van der Waals surface area contributed by atoms with Gasteiger partial charge >= 0.3 is 17.9 Å². The van der Waals surface area contributed by atoms with Gasteiger partial charge in [-0.25, -0.2) is 4.79 Å². The van der Waals surface area contributed by atoms with Gasteiger partial charge in [-0.1, -0.05) is 0 Å². The summed E-state index contributed by atoms with van der Waals surface area (Å²) in [6, 6.07) is 0. The minimum absolute atomic E-state index is 0.000247. The maximum Gasteiger partial charge on any atom is 0.344 e. The molecular formula is C10H16O7S2. The van der Waals surface area contributed by atoms with Gasteiger partial charge in [-0.05, 0) is 6.92 Å². The molecule has 0 aromatic rings. The number of hydrogen-bond acceptors (Lipinski definition) is 9. The third-order valence-electron chi connectivity index (χ3n) is 1.25. The van der Waals surface area contributed by atoms with E-state index in [-0.39, 0.29) is 30.3 Å². The summed E-state index contributed by atoms with van der Waals surface area (Å²) in [4.78, 5) is 32.4. The summed E-state index contributed by atoms with van der Waals surface area (Å²) in [6.45, 7) is 1.10. The van der Waals surface area contributed by atoms with Crippen molar-refractivity contribution in [1.82, 2.24) is 0 Å². The molecule has 0 atom stereocenters. The van der Waals surface area contributed by atoms with Crippen LogP contribution in [-0.2, 0) is 23.9 Å². The summed E-state index contributed by atoms with van der Waals surface area (Å²) in [5, 5.41) is 15.2. The average Bonchev–Trinajstić information content (AvgIpc) is 2.43. The molecule has 0 saturated carbocycles. The molecule has 19 heavy (non-hydrogen) atoms. The Bertz CT molecular complexity index is 326. The molecule has 0 fully saturated rings. The largest absolute Gasteiger partial charge is 0.433 e. The maximum absolute atomic E-state index is 11.1. The zero-order chi connectivity index (χ0) is 15.3. The Hall–Kier alpha value is -1.03. The van der Waals surface area contributed by atoms with Gasteiger partial charge in [0.2, 0.25) is 0 Å². The number of carbonyl (C=O) groups excluding carboxylic acids is 3. The third-order valence-corrected chi connectivity index (χ3v) is 1.77. The Morgan fingerprint density at radius 3 is 1.89 bits per heavy atom. The van der Waals surface area contributed by atoms with Crippen LogP contribution in [0.1, 0.15) is 6.92 Å². The predicted molar refractivity (Wildman–Crippen MR) is 72.8 cm³/mol. The van der Waals surface area contributed by atoms with Gasteiger partial charge in [0.05, 0.1) is 30.3 Å². The first-order valence-electron chi connectivity index (χ1n) is 4.97. The Morgan fingerprint density at radius 1 is 1.05 bits per heavy atom. The smallest absolute Gasteiger partial charge is 0.344 e. The van der Waals surface area contributed by atoms with Crippen LogP contribution in [0.4, 0.5) is 0 Å². The Balaban J connectivity index is 0. The fourth-order valence-corrected chi connectivity index (χ4v) is 0.595. The van der Waals surface area contributed by atoms with E-state index in [1.54, 1.807) is 0 Å². The Morgan fingerprint density at radius 2 is 1.53 bits per heavy atom. The molecule has 0 unspecified atom stereocenters. The number of ether oxygens (including phenoxy) is 2. The maximum atomic E-state index is 11.1. The van der Waals surface area contributed by atoms with Crippen LogP contribution >= 0.6 is 25.3 Å². The topological polar surface area (TPSA) is 110 Å². The van der Waals surface area contributed by atoms with E-state index in [0.29, 0.717) is 0 Å². The van der Waals surface area contributed by atoms with Crippen molar-refractivity contribution >= 4 is 43.2 Å². The minimum Gasteiger partial charge on any atom is -0.433 e. The summed E-state index contributed by atoms with van der Waals surface area (Å²) in [5.41, 5.74) is 0.000247. The summed E-state index contributed by atoms with van der Waals surface area (Å²) in [7, 11) is 0. The molecule has 0 rings (SSSR count). The summed E-state index contributed by atoms with van der Waals surface area (Å²) >= 11 is 7.27. The van der Waals surface area contributed by atoms with E-state index in [9.17, 15) is 14.4 Å². The highest BCUT2D eigenvalue weighted by atomic mass is 32.1. The molecule has 0 spiro atoms. The van der Waals surface area contributed by atoms with Crippen LogP contribution in [0.25, 0.3) is 0 Å². The molecular weight excluding hydrogens is 296 g/mol. The number of aliphatic hydroxyl groups excluding tert-OH is 2. The van der Waals surface area contributed by atoms with Gasteiger partial charge in [-0.15, -0.1) is 0 Å². The van der Waals surface area contributed by atoms with Crippen LogP contribution < -0.4 is 0 Å². The first kappa shape index (κ1) is 20.3. The Kier molecular flexibility index (Phi) is 14.3. The molecule has 0 amide bonds. The standard InChI is InChI=1S/C8H10O5S2.C2H6O2/c1-5(2-12-6(9)3-14)8(11)13-7(10)4-15;3-1-2-4/h2,14-15H,3-4H2,1H3;3-4H,1-2H2. The van der Waals surface area contributed by atoms with Crippen molar-refractivity contribution in [3.63, 3.8) is 0 Å². The van der Waals surface area contributed by atoms with Gasteiger partial charge in [0, 0.05) is 0 Å². The second-order valence-electron chi connectivity index (χ2n) is 2.82. The molecule has 0 heterocycles. The number of hydrogen-bond donors (Lipinski definition) is 4. The molecule has 0 aromatic heterocycles. The van der Waals surface area contributed by atoms with Gasteiger partial charge in [0.25, 0.3) is 0 Å². The van der Waals surface area contributed by atoms with Gasteiger partial charge in [0.1, 0.15) is 6.26 Å². The minimum atomic E-state index is -0.874. The van der Waals surface area contributed by atoms with Gasteiger partial charge < -0.3 is 19.7 Å². The van der Waals surface area contributed by atoms with Crippen molar-refractivity contribution < 1.29 is 34.1 Å². The number of thiol groups is 2. The van der Waals surface area contributed by atoms with Crippen molar-refractivity contribution in [2.24, 2.45) is 0 Å². The molecule has 0 aliphatic carbocycles. The van der Waals surface area contributed by atoms with E-state index in [1.807, 2.05) is 0 Å². The lowest BCUT2D eigenvalue weighted by Crippen LogP contribution is -2.14. The SMILES string of the molecule is CC(=COC(=O)CS)C(=O)OC(=O)CS.OCCO. The van der Waals surface area contributed by atoms with E-state index in [4.69, 9.17) is 10.2 Å². The highest BCUT2D eigenvalue weighted by Crippen LogP contribution is 1.99. The van der Waals surface area contributed by atoms with Crippen molar-refractivity contribution in [1.29, 1.82) is 0 Å². The number of esters is 3. The Labute approximate surface area is 121 Å². The monoisotopic (exact) mass is 312 g/mol. The first-order chi connectivity index (χ1) is 8.92. The van der Waals surface area contributed by atoms with Crippen LogP contribution in [0.3, 0.4) is 0 Å². The molecule has 9 heteroatoms. The number of rotatable bonds is 5. The quantitative estimate of drug-likeness (QED) is 0.175. The van der Waals surface area contributed by atoms with Gasteiger partial charge in [-0.3, -0.25) is 9.59 Å². The van der Waals surface area contributed by atoms with Crippen LogP contribution in [-0.4, -0.2) is 52.8 Å². The number of carbonyl (C=O) groups is 3. The van der Waals surface area contributed by atoms with Crippen LogP contribution in [0, 0.1) is 0 Å². The van der Waals surface area contributed by atoms with Crippen LogP contribution in [0.5, 0.6) is 0 Å². The van der Waals surface area contributed by atoms with Crippen LogP contribution in [0.15, 0.2) is 11.8 Å². The lowest BCUT2D eigenvalue weighted by atomic mass is 10.3. The van der Waals surface area contributed by atoms with Crippen molar-refractivity contribution in [2.75, 3.05) is 24.7 Å². The summed E-state index contributed by atoms with van der Waals surface area (Å²) in [6.07, 6.45) is 0.909. The van der Waals surface area contributed by atoms with Crippen molar-refractivity contribution in [3.8, 4) is 0 Å². The van der Waals surface area contributed by atoms with E-state index < -0.39 is 17.9 Å². The molecule has 0 saturated heterocycles. The highest BCUT2D eigenvalue weighted by molar-refractivity contribution is 7.81. The molecule has 0 aliphatic rings. The predicted octanol–water partition coefficient (Wildman–Crippen LogP) is -0.666. The zero-order valence-electron chi connectivity index (χ0n) is 10.2. The first-order valence-corrected chi connectivity index (χ1v) is 6.24. The third kappa shape index (κ3) is 13.2. The lowest BCUT2D eigenvalue weighted by molar-refractivity contribution is -0.154. The van der Waals surface area contributed by atoms with Crippen molar-refractivity contribution in [2.45, 2.75) is 6.92 Å². The van der Waals surface area contributed by atoms with Gasteiger partial charge in [0.15, 0.2) is 0 Å². The van der Waals surface area contributed by atoms with E-state index in [0.717, 1.165) is 6.26 Å². The lowest BCUT2D eigenvalue weighted by Gasteiger charge is -2.01. The molecule has 0 aliphatic heterocycles. The molecule has 0 radical (unpaired) electrons. The molecule has 110 valence electrons. The van der Waals surface area contributed by atoms with E-state index >= 15 is 0 Å². The zero-order valence-corrected chi connectivity index (χ0v) is 12.0. The second-order valence-corrected chi connectivity index (χ2v) is 3.45. The number of aliphatic hydroxyl groups is 2. The second kappa shape index (κ2) is 13.4. The normalized spacial score (nSPS) is 10.1. The summed E-state index contributed by atoms with van der Waals surface area (Å²) < 4.78 is 8.78. The summed E-state index contributed by atoms with van der Waals surface area (Å²) in [5.74, 6) is -2.55. The molecule has 7 nitrogen and oxygen atoms in total.